The molecule has 2 N–H and O–H groups in total. The standard InChI is InChI=1S/C20H30N6O4S/c1-14(27)18-12-15-4-5-17(24-31(2,28)29)19(26(15)23-18)13-30-16-6-10-25(11-7-16)20-21-8-3-9-22-20/h3,8-9,12,14,16-17,19,24,27H,4-7,10-11,13H2,1-2H3/t14?,17-,19?/m0/s1. The van der Waals surface area contributed by atoms with E-state index in [4.69, 9.17) is 4.74 Å². The van der Waals surface area contributed by atoms with E-state index < -0.39 is 16.1 Å². The number of hydrogen-bond donors (Lipinski definition) is 2. The van der Waals surface area contributed by atoms with Crippen molar-refractivity contribution in [1.29, 1.82) is 0 Å². The van der Waals surface area contributed by atoms with Gasteiger partial charge >= 0.3 is 0 Å². The van der Waals surface area contributed by atoms with Crippen molar-refractivity contribution in [2.45, 2.75) is 56.9 Å². The van der Waals surface area contributed by atoms with Crippen LogP contribution in [-0.4, -0.2) is 71.4 Å². The lowest BCUT2D eigenvalue weighted by Crippen LogP contribution is -2.47. The molecule has 2 aliphatic heterocycles. The number of sulfonamides is 1. The molecule has 0 saturated carbocycles. The number of nitrogens with zero attached hydrogens (tertiary/aromatic N) is 5. The second-order valence-corrected chi connectivity index (χ2v) is 10.1. The van der Waals surface area contributed by atoms with Crippen LogP contribution in [0.15, 0.2) is 24.5 Å². The number of piperidine rings is 1. The van der Waals surface area contributed by atoms with Gasteiger partial charge in [0.25, 0.3) is 0 Å². The Morgan fingerprint density at radius 3 is 2.61 bits per heavy atom. The van der Waals surface area contributed by atoms with Gasteiger partial charge in [0, 0.05) is 37.2 Å². The fraction of sp³-hybridized carbons (Fsp3) is 0.650. The van der Waals surface area contributed by atoms with Crippen molar-refractivity contribution in [2.75, 3.05) is 30.9 Å². The van der Waals surface area contributed by atoms with E-state index in [9.17, 15) is 13.5 Å². The fourth-order valence-corrected chi connectivity index (χ4v) is 5.13. The van der Waals surface area contributed by atoms with Gasteiger partial charge in [-0.05, 0) is 44.7 Å². The van der Waals surface area contributed by atoms with E-state index in [1.165, 1.54) is 6.26 Å². The quantitative estimate of drug-likeness (QED) is 0.636. The lowest BCUT2D eigenvalue weighted by Gasteiger charge is -2.36. The molecule has 31 heavy (non-hydrogen) atoms. The predicted molar refractivity (Wildman–Crippen MR) is 115 cm³/mol. The Labute approximate surface area is 182 Å². The third-order valence-corrected chi connectivity index (χ3v) is 6.63. The predicted octanol–water partition coefficient (Wildman–Crippen LogP) is 0.817. The van der Waals surface area contributed by atoms with Crippen molar-refractivity contribution >= 4 is 16.0 Å². The van der Waals surface area contributed by atoms with Gasteiger partial charge < -0.3 is 14.7 Å². The van der Waals surface area contributed by atoms with E-state index in [-0.39, 0.29) is 18.2 Å². The van der Waals surface area contributed by atoms with Crippen LogP contribution in [0.5, 0.6) is 0 Å². The van der Waals surface area contributed by atoms with E-state index >= 15 is 0 Å². The van der Waals surface area contributed by atoms with Crippen LogP contribution < -0.4 is 9.62 Å². The molecular formula is C20H30N6O4S. The molecule has 0 radical (unpaired) electrons. The van der Waals surface area contributed by atoms with Crippen LogP contribution in [0.25, 0.3) is 0 Å². The maximum atomic E-state index is 11.9. The monoisotopic (exact) mass is 450 g/mol. The Morgan fingerprint density at radius 2 is 1.97 bits per heavy atom. The van der Waals surface area contributed by atoms with Gasteiger partial charge in [-0.25, -0.2) is 23.1 Å². The molecule has 2 aliphatic rings. The van der Waals surface area contributed by atoms with E-state index in [1.54, 1.807) is 25.4 Å². The zero-order chi connectivity index (χ0) is 22.0. The minimum absolute atomic E-state index is 0.0796. The molecule has 4 rings (SSSR count). The number of fused-ring (bicyclic) bond motifs is 1. The summed E-state index contributed by atoms with van der Waals surface area (Å²) in [6.07, 6.45) is 7.11. The highest BCUT2D eigenvalue weighted by atomic mass is 32.2. The third-order valence-electron chi connectivity index (χ3n) is 5.90. The van der Waals surface area contributed by atoms with Crippen LogP contribution in [0.4, 0.5) is 5.95 Å². The molecule has 0 aromatic carbocycles. The number of rotatable bonds is 7. The van der Waals surface area contributed by atoms with Crippen LogP contribution in [0.2, 0.25) is 0 Å². The molecule has 0 bridgehead atoms. The van der Waals surface area contributed by atoms with Crippen molar-refractivity contribution in [3.05, 3.63) is 35.9 Å². The smallest absolute Gasteiger partial charge is 0.225 e. The third kappa shape index (κ3) is 5.40. The summed E-state index contributed by atoms with van der Waals surface area (Å²) >= 11 is 0. The zero-order valence-corrected chi connectivity index (χ0v) is 18.7. The molecule has 1 saturated heterocycles. The first-order valence-corrected chi connectivity index (χ1v) is 12.6. The largest absolute Gasteiger partial charge is 0.387 e. The SMILES string of the molecule is CC(O)c1cc2n(n1)C(COC1CCN(c3ncccn3)CC1)[C@@H](NS(C)(=O)=O)CC2. The highest BCUT2D eigenvalue weighted by molar-refractivity contribution is 7.88. The number of nitrogens with one attached hydrogen (secondary N) is 1. The summed E-state index contributed by atoms with van der Waals surface area (Å²) < 4.78 is 34.7. The molecule has 2 aromatic rings. The van der Waals surface area contributed by atoms with Crippen LogP contribution >= 0.6 is 0 Å². The van der Waals surface area contributed by atoms with Crippen molar-refractivity contribution in [3.63, 3.8) is 0 Å². The average molecular weight is 451 g/mol. The molecule has 0 aliphatic carbocycles. The van der Waals surface area contributed by atoms with Crippen molar-refractivity contribution in [2.24, 2.45) is 0 Å². The van der Waals surface area contributed by atoms with E-state index in [2.05, 4.69) is 24.7 Å². The molecule has 1 fully saturated rings. The topological polar surface area (TPSA) is 122 Å². The second-order valence-electron chi connectivity index (χ2n) is 8.35. The van der Waals surface area contributed by atoms with Crippen molar-refractivity contribution in [1.82, 2.24) is 24.5 Å². The molecule has 170 valence electrons. The average Bonchev–Trinajstić information content (AvgIpc) is 3.18. The molecule has 2 aromatic heterocycles. The second kappa shape index (κ2) is 9.19. The molecule has 0 amide bonds. The normalized spacial score (nSPS) is 23.5. The Bertz CT molecular complexity index is 973. The number of ether oxygens (including phenoxy) is 1. The number of aromatic nitrogens is 4. The minimum atomic E-state index is -3.37. The molecule has 4 heterocycles. The first-order chi connectivity index (χ1) is 14.8. The van der Waals surface area contributed by atoms with Gasteiger partial charge in [-0.15, -0.1) is 0 Å². The van der Waals surface area contributed by atoms with Gasteiger partial charge in [-0.2, -0.15) is 5.10 Å². The van der Waals surface area contributed by atoms with E-state index in [1.807, 2.05) is 10.7 Å². The molecule has 0 spiro atoms. The summed E-state index contributed by atoms with van der Waals surface area (Å²) in [5, 5.41) is 14.5. The van der Waals surface area contributed by atoms with Crippen molar-refractivity contribution < 1.29 is 18.3 Å². The van der Waals surface area contributed by atoms with Crippen LogP contribution in [0, 0.1) is 0 Å². The lowest BCUT2D eigenvalue weighted by atomic mass is 9.98. The molecular weight excluding hydrogens is 420 g/mol. The summed E-state index contributed by atoms with van der Waals surface area (Å²) in [6.45, 7) is 3.65. The van der Waals surface area contributed by atoms with Gasteiger partial charge in [0.2, 0.25) is 16.0 Å². The van der Waals surface area contributed by atoms with Gasteiger partial charge in [0.15, 0.2) is 0 Å². The van der Waals surface area contributed by atoms with E-state index in [0.29, 0.717) is 25.1 Å². The summed E-state index contributed by atoms with van der Waals surface area (Å²) in [7, 11) is -3.37. The zero-order valence-electron chi connectivity index (χ0n) is 17.9. The fourth-order valence-electron chi connectivity index (χ4n) is 4.31. The number of aryl methyl sites for hydroxylation is 1. The van der Waals surface area contributed by atoms with Gasteiger partial charge in [-0.1, -0.05) is 0 Å². The van der Waals surface area contributed by atoms with Crippen LogP contribution in [0.1, 0.15) is 49.7 Å². The van der Waals surface area contributed by atoms with Crippen molar-refractivity contribution in [3.8, 4) is 0 Å². The summed E-state index contributed by atoms with van der Waals surface area (Å²) in [5.74, 6) is 0.734. The summed E-state index contributed by atoms with van der Waals surface area (Å²) in [4.78, 5) is 10.8. The molecule has 11 heteroatoms. The molecule has 3 atom stereocenters. The van der Waals surface area contributed by atoms with Gasteiger partial charge in [-0.3, -0.25) is 4.68 Å². The van der Waals surface area contributed by atoms with Crippen LogP contribution in [-0.2, 0) is 21.2 Å². The first kappa shape index (κ1) is 22.1. The Morgan fingerprint density at radius 1 is 1.26 bits per heavy atom. The highest BCUT2D eigenvalue weighted by Crippen LogP contribution is 2.29. The van der Waals surface area contributed by atoms with Gasteiger partial charge in [0.1, 0.15) is 0 Å². The number of anilines is 1. The number of aliphatic hydroxyl groups excluding tert-OH is 1. The van der Waals surface area contributed by atoms with Crippen LogP contribution in [0.3, 0.4) is 0 Å². The number of aliphatic hydroxyl groups is 1. The summed E-state index contributed by atoms with van der Waals surface area (Å²) in [6, 6.07) is 3.13. The number of hydrogen-bond acceptors (Lipinski definition) is 8. The Kier molecular flexibility index (Phi) is 6.56. The van der Waals surface area contributed by atoms with E-state index in [0.717, 1.165) is 37.6 Å². The molecule has 2 unspecified atom stereocenters. The Hall–Kier alpha value is -2.08. The van der Waals surface area contributed by atoms with Gasteiger partial charge in [0.05, 0.1) is 36.8 Å². The highest BCUT2D eigenvalue weighted by Gasteiger charge is 2.34. The summed E-state index contributed by atoms with van der Waals surface area (Å²) in [5.41, 5.74) is 1.59. The Balaban J connectivity index is 1.42. The first-order valence-electron chi connectivity index (χ1n) is 10.7. The maximum absolute atomic E-state index is 11.9. The lowest BCUT2D eigenvalue weighted by molar-refractivity contribution is 0.00582. The minimum Gasteiger partial charge on any atom is -0.387 e. The molecule has 10 nitrogen and oxygen atoms in total. The maximum Gasteiger partial charge on any atom is 0.225 e.